The van der Waals surface area contributed by atoms with Gasteiger partial charge in [-0.3, -0.25) is 0 Å². The summed E-state index contributed by atoms with van der Waals surface area (Å²) in [5.74, 6) is -1.69. The summed E-state index contributed by atoms with van der Waals surface area (Å²) in [6.45, 7) is 0. The van der Waals surface area contributed by atoms with E-state index in [-0.39, 0.29) is 22.7 Å². The smallest absolute Gasteiger partial charge is 0.156 e. The van der Waals surface area contributed by atoms with Crippen LogP contribution in [0.4, 0.5) is 14.5 Å². The molecule has 0 spiro atoms. The van der Waals surface area contributed by atoms with E-state index in [9.17, 15) is 13.7 Å². The van der Waals surface area contributed by atoms with Crippen LogP contribution < -0.4 is 4.74 Å². The highest BCUT2D eigenvalue weighted by Crippen LogP contribution is 2.32. The molecular formula is C13H6F2N2O2. The highest BCUT2D eigenvalue weighted by Gasteiger charge is 2.09. The molecule has 0 saturated heterocycles. The summed E-state index contributed by atoms with van der Waals surface area (Å²) in [5, 5.41) is 11.4. The predicted octanol–water partition coefficient (Wildman–Crippen LogP) is 4.03. The third-order valence-electron chi connectivity index (χ3n) is 2.25. The molecule has 0 bridgehead atoms. The van der Waals surface area contributed by atoms with E-state index in [2.05, 4.69) is 5.18 Å². The average molecular weight is 260 g/mol. The minimum Gasteiger partial charge on any atom is -0.455 e. The Bertz CT molecular complexity index is 661. The van der Waals surface area contributed by atoms with E-state index in [1.807, 2.05) is 6.07 Å². The van der Waals surface area contributed by atoms with Crippen LogP contribution in [0.15, 0.2) is 41.6 Å². The van der Waals surface area contributed by atoms with Crippen LogP contribution in [0, 0.1) is 27.9 Å². The van der Waals surface area contributed by atoms with Crippen molar-refractivity contribution in [2.24, 2.45) is 5.18 Å². The summed E-state index contributed by atoms with van der Waals surface area (Å²) in [7, 11) is 0. The van der Waals surface area contributed by atoms with Crippen molar-refractivity contribution in [2.45, 2.75) is 0 Å². The molecule has 0 fully saturated rings. The molecule has 0 aromatic heterocycles. The average Bonchev–Trinajstić information content (AvgIpc) is 2.38. The minimum atomic E-state index is -0.802. The maximum atomic E-state index is 13.0. The van der Waals surface area contributed by atoms with Crippen molar-refractivity contribution in [2.75, 3.05) is 0 Å². The number of ether oxygens (including phenoxy) is 1. The van der Waals surface area contributed by atoms with Gasteiger partial charge in [0.25, 0.3) is 0 Å². The first-order valence-electron chi connectivity index (χ1n) is 5.14. The summed E-state index contributed by atoms with van der Waals surface area (Å²) < 4.78 is 31.1. The van der Waals surface area contributed by atoms with Gasteiger partial charge in [0.2, 0.25) is 0 Å². The first-order chi connectivity index (χ1) is 9.12. The molecule has 94 valence electrons. The maximum absolute atomic E-state index is 13.0. The molecule has 4 nitrogen and oxygen atoms in total. The van der Waals surface area contributed by atoms with Crippen LogP contribution in [0.2, 0.25) is 0 Å². The van der Waals surface area contributed by atoms with Crippen molar-refractivity contribution < 1.29 is 13.5 Å². The zero-order chi connectivity index (χ0) is 13.8. The fourth-order valence-electron chi connectivity index (χ4n) is 1.46. The number of nitroso groups, excluding NO2 is 1. The molecule has 6 heteroatoms. The quantitative estimate of drug-likeness (QED) is 0.782. The molecule has 0 atom stereocenters. The topological polar surface area (TPSA) is 62.4 Å². The Labute approximate surface area is 106 Å². The molecule has 2 aromatic carbocycles. The van der Waals surface area contributed by atoms with Crippen LogP contribution in [0.25, 0.3) is 0 Å². The fraction of sp³-hybridized carbons (Fsp3) is 0. The van der Waals surface area contributed by atoms with Crippen LogP contribution in [-0.2, 0) is 0 Å². The van der Waals surface area contributed by atoms with Crippen LogP contribution in [0.1, 0.15) is 5.56 Å². The monoisotopic (exact) mass is 260 g/mol. The van der Waals surface area contributed by atoms with E-state index in [1.54, 1.807) is 0 Å². The lowest BCUT2D eigenvalue weighted by molar-refractivity contribution is 0.469. The Balaban J connectivity index is 2.38. The van der Waals surface area contributed by atoms with Gasteiger partial charge in [0.15, 0.2) is 11.4 Å². The lowest BCUT2D eigenvalue weighted by Gasteiger charge is -2.07. The summed E-state index contributed by atoms with van der Waals surface area (Å²) in [6, 6.07) is 8.43. The number of hydrogen-bond acceptors (Lipinski definition) is 4. The first-order valence-corrected chi connectivity index (χ1v) is 5.14. The van der Waals surface area contributed by atoms with Crippen LogP contribution in [0.5, 0.6) is 11.5 Å². The van der Waals surface area contributed by atoms with Gasteiger partial charge < -0.3 is 4.74 Å². The van der Waals surface area contributed by atoms with Crippen molar-refractivity contribution in [3.63, 3.8) is 0 Å². The van der Waals surface area contributed by atoms with E-state index in [4.69, 9.17) is 10.00 Å². The third-order valence-corrected chi connectivity index (χ3v) is 2.25. The van der Waals surface area contributed by atoms with Gasteiger partial charge >= 0.3 is 0 Å². The second kappa shape index (κ2) is 5.23. The zero-order valence-corrected chi connectivity index (χ0v) is 9.43. The molecule has 19 heavy (non-hydrogen) atoms. The van der Waals surface area contributed by atoms with Crippen LogP contribution >= 0.6 is 0 Å². The molecule has 0 radical (unpaired) electrons. The van der Waals surface area contributed by atoms with E-state index in [1.165, 1.54) is 18.2 Å². The van der Waals surface area contributed by atoms with Gasteiger partial charge in [0.05, 0.1) is 11.6 Å². The molecular weight excluding hydrogens is 254 g/mol. The number of hydrogen-bond donors (Lipinski definition) is 0. The van der Waals surface area contributed by atoms with Crippen molar-refractivity contribution in [3.05, 3.63) is 58.5 Å². The molecule has 0 aliphatic carbocycles. The lowest BCUT2D eigenvalue weighted by atomic mass is 10.2. The number of rotatable bonds is 3. The van der Waals surface area contributed by atoms with Gasteiger partial charge in [-0.25, -0.2) is 8.78 Å². The summed E-state index contributed by atoms with van der Waals surface area (Å²) in [4.78, 5) is 10.6. The Kier molecular flexibility index (Phi) is 3.48. The van der Waals surface area contributed by atoms with Gasteiger partial charge in [-0.1, -0.05) is 0 Å². The molecule has 0 aliphatic heterocycles. The first kappa shape index (κ1) is 12.6. The number of nitriles is 1. The van der Waals surface area contributed by atoms with Crippen LogP contribution in [0.3, 0.4) is 0 Å². The van der Waals surface area contributed by atoms with Gasteiger partial charge in [0.1, 0.15) is 17.4 Å². The van der Waals surface area contributed by atoms with Gasteiger partial charge in [0, 0.05) is 18.2 Å². The predicted molar refractivity (Wildman–Crippen MR) is 63.0 cm³/mol. The highest BCUT2D eigenvalue weighted by molar-refractivity contribution is 5.57. The maximum Gasteiger partial charge on any atom is 0.156 e. The summed E-state index contributed by atoms with van der Waals surface area (Å²) in [5.41, 5.74) is 0.107. The summed E-state index contributed by atoms with van der Waals surface area (Å²) >= 11 is 0. The second-order valence-electron chi connectivity index (χ2n) is 3.59. The van der Waals surface area contributed by atoms with E-state index >= 15 is 0 Å². The SMILES string of the molecule is N#Cc1ccc(Oc2cc(F)cc(F)c2)c(N=O)c1. The molecule has 0 heterocycles. The molecule has 0 saturated carbocycles. The van der Waals surface area contributed by atoms with Crippen molar-refractivity contribution >= 4 is 5.69 Å². The van der Waals surface area contributed by atoms with Gasteiger partial charge in [-0.05, 0) is 23.4 Å². The molecule has 2 aromatic rings. The van der Waals surface area contributed by atoms with Crippen LogP contribution in [-0.4, -0.2) is 0 Å². The highest BCUT2D eigenvalue weighted by atomic mass is 19.1. The van der Waals surface area contributed by atoms with Gasteiger partial charge in [-0.15, -0.1) is 4.91 Å². The Hall–Kier alpha value is -2.81. The van der Waals surface area contributed by atoms with Crippen molar-refractivity contribution in [3.8, 4) is 17.6 Å². The fourth-order valence-corrected chi connectivity index (χ4v) is 1.46. The van der Waals surface area contributed by atoms with E-state index in [0.717, 1.165) is 12.1 Å². The molecule has 0 amide bonds. The number of nitrogens with zero attached hydrogens (tertiary/aromatic N) is 2. The number of benzene rings is 2. The lowest BCUT2D eigenvalue weighted by Crippen LogP contribution is -1.88. The van der Waals surface area contributed by atoms with Crippen molar-refractivity contribution in [1.29, 1.82) is 5.26 Å². The minimum absolute atomic E-state index is 0.0130. The third kappa shape index (κ3) is 2.90. The molecule has 0 N–H and O–H groups in total. The normalized spacial score (nSPS) is 9.74. The van der Waals surface area contributed by atoms with E-state index in [0.29, 0.717) is 6.07 Å². The molecule has 2 rings (SSSR count). The van der Waals surface area contributed by atoms with Crippen molar-refractivity contribution in [1.82, 2.24) is 0 Å². The second-order valence-corrected chi connectivity index (χ2v) is 3.59. The largest absolute Gasteiger partial charge is 0.455 e. The zero-order valence-electron chi connectivity index (χ0n) is 9.43. The Morgan fingerprint density at radius 2 is 1.79 bits per heavy atom. The number of halogens is 2. The standard InChI is InChI=1S/C13H6F2N2O2/c14-9-4-10(15)6-11(5-9)19-13-2-1-8(7-16)3-12(13)17-18/h1-6H. The van der Waals surface area contributed by atoms with Gasteiger partial charge in [-0.2, -0.15) is 5.26 Å². The van der Waals surface area contributed by atoms with E-state index < -0.39 is 11.6 Å². The summed E-state index contributed by atoms with van der Waals surface area (Å²) in [6.07, 6.45) is 0. The molecule has 0 aliphatic rings. The molecule has 0 unspecified atom stereocenters. The Morgan fingerprint density at radius 1 is 1.11 bits per heavy atom. The Morgan fingerprint density at radius 3 is 2.37 bits per heavy atom.